The first kappa shape index (κ1) is 25.4. The summed E-state index contributed by atoms with van der Waals surface area (Å²) in [5.41, 5.74) is 9.46. The van der Waals surface area contributed by atoms with Gasteiger partial charge in [0.15, 0.2) is 0 Å². The summed E-state index contributed by atoms with van der Waals surface area (Å²) in [6, 6.07) is 56.4. The van der Waals surface area contributed by atoms with E-state index in [1.807, 2.05) is 23.6 Å². The maximum atomic E-state index is 4.83. The SMILES string of the molecule is c1ccc(C2(c3ccccc3)c3cccc4ccc5cc6c7ccccc7n(-c7ccc8sc9cccnc9c8c7)c6c2c5c34)cc1. The highest BCUT2D eigenvalue weighted by molar-refractivity contribution is 7.25. The fourth-order valence-corrected chi connectivity index (χ4v) is 9.71. The van der Waals surface area contributed by atoms with Gasteiger partial charge >= 0.3 is 0 Å². The Morgan fingerprint density at radius 3 is 2.13 bits per heavy atom. The van der Waals surface area contributed by atoms with Gasteiger partial charge in [-0.1, -0.05) is 109 Å². The summed E-state index contributed by atoms with van der Waals surface area (Å²) < 4.78 is 5.02. The first-order valence-corrected chi connectivity index (χ1v) is 17.0. The number of aromatic nitrogens is 2. The molecule has 3 heteroatoms. The Morgan fingerprint density at radius 1 is 0.532 bits per heavy atom. The second-order valence-corrected chi connectivity index (χ2v) is 13.8. The second-order valence-electron chi connectivity index (χ2n) is 12.7. The summed E-state index contributed by atoms with van der Waals surface area (Å²) in [6.07, 6.45) is 1.91. The summed E-state index contributed by atoms with van der Waals surface area (Å²) in [5.74, 6) is 0. The van der Waals surface area contributed by atoms with Crippen molar-refractivity contribution in [2.45, 2.75) is 5.41 Å². The van der Waals surface area contributed by atoms with Gasteiger partial charge in [0, 0.05) is 38.3 Å². The molecular formula is C44H26N2S. The molecule has 0 bridgehead atoms. The lowest BCUT2D eigenvalue weighted by Gasteiger charge is -2.35. The highest BCUT2D eigenvalue weighted by atomic mass is 32.1. The predicted molar refractivity (Wildman–Crippen MR) is 198 cm³/mol. The van der Waals surface area contributed by atoms with E-state index in [1.165, 1.54) is 80.4 Å². The van der Waals surface area contributed by atoms with Crippen molar-refractivity contribution in [1.82, 2.24) is 9.55 Å². The third-order valence-electron chi connectivity index (χ3n) is 10.4. The van der Waals surface area contributed by atoms with Crippen molar-refractivity contribution < 1.29 is 0 Å². The molecular weight excluding hydrogens is 589 g/mol. The van der Waals surface area contributed by atoms with Crippen LogP contribution >= 0.6 is 11.3 Å². The van der Waals surface area contributed by atoms with Crippen LogP contribution in [0.2, 0.25) is 0 Å². The molecule has 1 aliphatic rings. The molecule has 2 nitrogen and oxygen atoms in total. The summed E-state index contributed by atoms with van der Waals surface area (Å²) in [6.45, 7) is 0. The molecule has 7 aromatic carbocycles. The van der Waals surface area contributed by atoms with Gasteiger partial charge in [-0.15, -0.1) is 11.3 Å². The smallest absolute Gasteiger partial charge is 0.0889 e. The highest BCUT2D eigenvalue weighted by Gasteiger charge is 2.47. The van der Waals surface area contributed by atoms with Crippen molar-refractivity contribution in [3.63, 3.8) is 0 Å². The van der Waals surface area contributed by atoms with E-state index in [1.54, 1.807) is 0 Å². The van der Waals surface area contributed by atoms with Gasteiger partial charge in [0.25, 0.3) is 0 Å². The van der Waals surface area contributed by atoms with E-state index < -0.39 is 5.41 Å². The number of thiophene rings is 1. The van der Waals surface area contributed by atoms with E-state index >= 15 is 0 Å². The van der Waals surface area contributed by atoms with E-state index in [9.17, 15) is 0 Å². The van der Waals surface area contributed by atoms with Crippen LogP contribution in [0.3, 0.4) is 0 Å². The topological polar surface area (TPSA) is 17.8 Å². The van der Waals surface area contributed by atoms with Crippen molar-refractivity contribution in [3.8, 4) is 5.69 Å². The fourth-order valence-electron chi connectivity index (χ4n) is 8.66. The van der Waals surface area contributed by atoms with Crippen LogP contribution in [0.5, 0.6) is 0 Å². The minimum atomic E-state index is -0.518. The molecule has 0 fully saturated rings. The molecule has 0 unspecified atom stereocenters. The monoisotopic (exact) mass is 614 g/mol. The van der Waals surface area contributed by atoms with Crippen molar-refractivity contribution in [2.75, 3.05) is 0 Å². The molecule has 0 atom stereocenters. The van der Waals surface area contributed by atoms with Gasteiger partial charge in [-0.2, -0.15) is 0 Å². The first-order valence-electron chi connectivity index (χ1n) is 16.1. The lowest BCUT2D eigenvalue weighted by atomic mass is 9.67. The number of hydrogen-bond acceptors (Lipinski definition) is 2. The molecule has 0 aliphatic heterocycles. The molecule has 0 saturated heterocycles. The fraction of sp³-hybridized carbons (Fsp3) is 0.0227. The average molecular weight is 615 g/mol. The molecule has 47 heavy (non-hydrogen) atoms. The van der Waals surface area contributed by atoms with Crippen LogP contribution in [0.15, 0.2) is 158 Å². The van der Waals surface area contributed by atoms with Gasteiger partial charge in [-0.25, -0.2) is 0 Å². The molecule has 0 radical (unpaired) electrons. The van der Waals surface area contributed by atoms with Crippen LogP contribution in [0.25, 0.3) is 69.3 Å². The Balaban J connectivity index is 1.41. The molecule has 1 aliphatic carbocycles. The number of para-hydroxylation sites is 1. The van der Waals surface area contributed by atoms with Crippen LogP contribution in [0.4, 0.5) is 0 Å². The van der Waals surface area contributed by atoms with Gasteiger partial charge < -0.3 is 4.57 Å². The normalized spacial score (nSPS) is 13.7. The second kappa shape index (κ2) is 9.16. The molecule has 10 aromatic rings. The molecule has 218 valence electrons. The Bertz CT molecular complexity index is 2860. The zero-order valence-corrected chi connectivity index (χ0v) is 26.1. The van der Waals surface area contributed by atoms with E-state index in [0.717, 1.165) is 11.2 Å². The number of benzene rings is 7. The number of pyridine rings is 1. The van der Waals surface area contributed by atoms with Crippen LogP contribution < -0.4 is 0 Å². The third kappa shape index (κ3) is 3.17. The number of fused-ring (bicyclic) bond motifs is 7. The van der Waals surface area contributed by atoms with E-state index in [0.29, 0.717) is 0 Å². The largest absolute Gasteiger partial charge is 0.309 e. The lowest BCUT2D eigenvalue weighted by molar-refractivity contribution is 0.774. The van der Waals surface area contributed by atoms with Crippen molar-refractivity contribution >= 4 is 75.0 Å². The molecule has 0 spiro atoms. The quantitative estimate of drug-likeness (QED) is 0.181. The molecule has 0 N–H and O–H groups in total. The summed E-state index contributed by atoms with van der Waals surface area (Å²) in [7, 11) is 0. The van der Waals surface area contributed by atoms with Crippen LogP contribution in [0, 0.1) is 0 Å². The van der Waals surface area contributed by atoms with Crippen LogP contribution in [-0.4, -0.2) is 9.55 Å². The van der Waals surface area contributed by atoms with Crippen LogP contribution in [-0.2, 0) is 5.41 Å². The Morgan fingerprint density at radius 2 is 1.30 bits per heavy atom. The van der Waals surface area contributed by atoms with Crippen molar-refractivity contribution in [2.24, 2.45) is 0 Å². The Hall–Kier alpha value is -5.77. The maximum Gasteiger partial charge on any atom is 0.0889 e. The van der Waals surface area contributed by atoms with E-state index in [2.05, 4.69) is 150 Å². The number of nitrogens with zero attached hydrogens (tertiary/aromatic N) is 2. The number of hydrogen-bond donors (Lipinski definition) is 0. The van der Waals surface area contributed by atoms with Crippen molar-refractivity contribution in [1.29, 1.82) is 0 Å². The van der Waals surface area contributed by atoms with Gasteiger partial charge in [0.05, 0.1) is 26.7 Å². The Labute approximate surface area is 274 Å². The van der Waals surface area contributed by atoms with E-state index in [4.69, 9.17) is 4.98 Å². The summed E-state index contributed by atoms with van der Waals surface area (Å²) in [4.78, 5) is 4.83. The van der Waals surface area contributed by atoms with Crippen molar-refractivity contribution in [3.05, 3.63) is 180 Å². The summed E-state index contributed by atoms with van der Waals surface area (Å²) in [5, 5.41) is 9.02. The van der Waals surface area contributed by atoms with E-state index in [-0.39, 0.29) is 0 Å². The van der Waals surface area contributed by atoms with Gasteiger partial charge in [0.1, 0.15) is 0 Å². The molecule has 0 saturated carbocycles. The Kier molecular flexibility index (Phi) is 4.95. The lowest BCUT2D eigenvalue weighted by Crippen LogP contribution is -2.29. The summed E-state index contributed by atoms with van der Waals surface area (Å²) >= 11 is 1.81. The standard InChI is InChI=1S/C44H26N2S/c1-3-12-29(13-4-1)44(30-14-5-2-6-15-30)35-17-9-11-27-20-21-28-25-33-32-16-7-8-18-36(32)46(43(33)41(44)40(28)39(27)35)31-22-23-37-34(26-31)42-38(47-37)19-10-24-45-42/h1-26H. The molecule has 0 amide bonds. The average Bonchev–Trinajstić information content (AvgIpc) is 3.78. The molecule has 3 aromatic heterocycles. The maximum absolute atomic E-state index is 4.83. The third-order valence-corrected chi connectivity index (χ3v) is 11.6. The molecule has 11 rings (SSSR count). The predicted octanol–water partition coefficient (Wildman–Crippen LogP) is 11.5. The minimum Gasteiger partial charge on any atom is -0.309 e. The van der Waals surface area contributed by atoms with Crippen LogP contribution in [0.1, 0.15) is 22.3 Å². The minimum absolute atomic E-state index is 0.518. The zero-order valence-electron chi connectivity index (χ0n) is 25.3. The number of rotatable bonds is 3. The van der Waals surface area contributed by atoms with Gasteiger partial charge in [-0.3, -0.25) is 4.98 Å². The van der Waals surface area contributed by atoms with Gasteiger partial charge in [0.2, 0.25) is 0 Å². The van der Waals surface area contributed by atoms with Gasteiger partial charge in [-0.05, 0) is 80.7 Å². The highest BCUT2D eigenvalue weighted by Crippen LogP contribution is 2.59. The first-order chi connectivity index (χ1) is 23.3. The zero-order chi connectivity index (χ0) is 30.7. The molecule has 3 heterocycles.